The number of carboxylic acids is 1. The summed E-state index contributed by atoms with van der Waals surface area (Å²) in [6, 6.07) is 15.4. The second-order valence-corrected chi connectivity index (χ2v) is 17.3. The topological polar surface area (TPSA) is 135 Å². The molecule has 4 N–H and O–H groups in total. The lowest BCUT2D eigenvalue weighted by molar-refractivity contribution is -0.183. The minimum absolute atomic E-state index is 0.0684. The van der Waals surface area contributed by atoms with E-state index in [2.05, 4.69) is 76.0 Å². The van der Waals surface area contributed by atoms with Gasteiger partial charge in [0.1, 0.15) is 17.9 Å². The highest BCUT2D eigenvalue weighted by Gasteiger charge is 2.57. The molecule has 4 fully saturated rings. The monoisotopic (exact) mass is 736 g/mol. The first-order valence-electron chi connectivity index (χ1n) is 19.5. The predicted octanol–water partition coefficient (Wildman–Crippen LogP) is 4.79. The molecule has 0 radical (unpaired) electrons. The average Bonchev–Trinajstić information content (AvgIpc) is 3.46. The number of para-hydroxylation sites is 1. The van der Waals surface area contributed by atoms with Crippen LogP contribution in [-0.4, -0.2) is 106 Å². The number of nitrogens with one attached hydrogen (secondary N) is 1. The number of ether oxygens (including phenoxy) is 1. The third-order valence-electron chi connectivity index (χ3n) is 12.3. The highest BCUT2D eigenvalue weighted by atomic mass is 16.7. The Balaban J connectivity index is 1.38. The average molecular weight is 737 g/mol. The van der Waals surface area contributed by atoms with Gasteiger partial charge in [0.05, 0.1) is 19.3 Å². The van der Waals surface area contributed by atoms with E-state index >= 15 is 0 Å². The number of fused-ring (bicyclic) bond motifs is 2. The molecule has 1 amide bonds. The van der Waals surface area contributed by atoms with E-state index in [1.165, 1.54) is 6.42 Å². The van der Waals surface area contributed by atoms with Crippen LogP contribution in [0.15, 0.2) is 48.5 Å². The van der Waals surface area contributed by atoms with Gasteiger partial charge >= 0.3 is 5.97 Å². The fourth-order valence-electron chi connectivity index (χ4n) is 9.48. The summed E-state index contributed by atoms with van der Waals surface area (Å²) in [4.78, 5) is 36.4. The van der Waals surface area contributed by atoms with Crippen molar-refractivity contribution in [2.45, 2.75) is 111 Å². The fraction of sp³-hybridized carbons (Fsp3) is 0.667. The van der Waals surface area contributed by atoms with Crippen molar-refractivity contribution in [3.8, 4) is 5.75 Å². The smallest absolute Gasteiger partial charge is 0.341 e. The largest absolute Gasteiger partial charge is 0.482 e. The quantitative estimate of drug-likeness (QED) is 0.169. The maximum absolute atomic E-state index is 14.2. The van der Waals surface area contributed by atoms with Crippen LogP contribution in [0, 0.1) is 35.0 Å². The molecule has 1 saturated heterocycles. The zero-order valence-corrected chi connectivity index (χ0v) is 33.1. The number of benzene rings is 2. The minimum Gasteiger partial charge on any atom is -0.482 e. The summed E-state index contributed by atoms with van der Waals surface area (Å²) in [6.07, 6.45) is 1.57. The van der Waals surface area contributed by atoms with Crippen molar-refractivity contribution in [2.75, 3.05) is 33.9 Å². The molecule has 0 spiro atoms. The molecule has 3 aliphatic carbocycles. The van der Waals surface area contributed by atoms with Crippen molar-refractivity contribution < 1.29 is 34.5 Å². The third-order valence-corrected chi connectivity index (χ3v) is 12.3. The van der Waals surface area contributed by atoms with Gasteiger partial charge in [-0.3, -0.25) is 14.5 Å². The number of amides is 1. The third kappa shape index (κ3) is 9.79. The summed E-state index contributed by atoms with van der Waals surface area (Å²) in [5, 5.41) is 35.5. The number of hydroxylamine groups is 2. The Morgan fingerprint density at radius 2 is 1.77 bits per heavy atom. The summed E-state index contributed by atoms with van der Waals surface area (Å²) < 4.78 is 5.70. The first kappa shape index (κ1) is 41.1. The second-order valence-electron chi connectivity index (χ2n) is 17.3. The van der Waals surface area contributed by atoms with Gasteiger partial charge in [-0.25, -0.2) is 4.79 Å². The van der Waals surface area contributed by atoms with Crippen molar-refractivity contribution in [3.63, 3.8) is 0 Å². The van der Waals surface area contributed by atoms with Gasteiger partial charge in [0.15, 0.2) is 6.61 Å². The van der Waals surface area contributed by atoms with Gasteiger partial charge in [0.2, 0.25) is 5.91 Å². The molecule has 1 heterocycles. The van der Waals surface area contributed by atoms with Crippen LogP contribution < -0.4 is 10.1 Å². The molecule has 0 aromatic heterocycles. The van der Waals surface area contributed by atoms with E-state index in [-0.39, 0.29) is 24.6 Å². The normalized spacial score (nSPS) is 27.8. The van der Waals surface area contributed by atoms with Crippen molar-refractivity contribution in [3.05, 3.63) is 65.2 Å². The minimum atomic E-state index is -1.02. The van der Waals surface area contributed by atoms with E-state index < -0.39 is 36.7 Å². The van der Waals surface area contributed by atoms with Gasteiger partial charge in [-0.15, -0.1) is 0 Å². The number of carbonyl (C=O) groups is 2. The number of hydrogen-bond acceptors (Lipinski definition) is 9. The van der Waals surface area contributed by atoms with Crippen LogP contribution in [0.25, 0.3) is 0 Å². The van der Waals surface area contributed by atoms with Crippen LogP contribution in [0.2, 0.25) is 0 Å². The number of aliphatic hydroxyl groups excluding tert-OH is 2. The van der Waals surface area contributed by atoms with Gasteiger partial charge in [-0.05, 0) is 86.6 Å². The zero-order valence-electron chi connectivity index (χ0n) is 33.1. The van der Waals surface area contributed by atoms with Crippen molar-refractivity contribution in [1.29, 1.82) is 0 Å². The lowest BCUT2D eigenvalue weighted by Crippen LogP contribution is -2.62. The molecule has 2 bridgehead atoms. The molecule has 294 valence electrons. The summed E-state index contributed by atoms with van der Waals surface area (Å²) in [7, 11) is 4.16. The van der Waals surface area contributed by atoms with Gasteiger partial charge in [0.25, 0.3) is 0 Å². The highest BCUT2D eigenvalue weighted by molar-refractivity contribution is 5.82. The van der Waals surface area contributed by atoms with Crippen LogP contribution >= 0.6 is 0 Å². The van der Waals surface area contributed by atoms with Crippen molar-refractivity contribution in [1.82, 2.24) is 20.2 Å². The summed E-state index contributed by atoms with van der Waals surface area (Å²) in [5.74, 6) is 0.776. The van der Waals surface area contributed by atoms with Crippen LogP contribution in [0.5, 0.6) is 5.75 Å². The molecule has 3 saturated carbocycles. The first-order valence-corrected chi connectivity index (χ1v) is 19.5. The molecule has 0 unspecified atom stereocenters. The van der Waals surface area contributed by atoms with Gasteiger partial charge < -0.3 is 30.3 Å². The summed E-state index contributed by atoms with van der Waals surface area (Å²) in [5.41, 5.74) is 3.26. The van der Waals surface area contributed by atoms with Crippen LogP contribution in [0.4, 0.5) is 0 Å². The predicted molar refractivity (Wildman–Crippen MR) is 205 cm³/mol. The molecule has 6 rings (SSSR count). The lowest BCUT2D eigenvalue weighted by Gasteiger charge is -2.62. The molecule has 2 aromatic carbocycles. The van der Waals surface area contributed by atoms with E-state index in [1.807, 2.05) is 36.4 Å². The Morgan fingerprint density at radius 3 is 2.40 bits per heavy atom. The van der Waals surface area contributed by atoms with Gasteiger partial charge in [-0.1, -0.05) is 77.1 Å². The molecule has 1 aliphatic heterocycles. The maximum atomic E-state index is 14.2. The summed E-state index contributed by atoms with van der Waals surface area (Å²) in [6.45, 7) is 14.7. The van der Waals surface area contributed by atoms with Crippen LogP contribution in [0.3, 0.4) is 0 Å². The van der Waals surface area contributed by atoms with Crippen molar-refractivity contribution in [2.24, 2.45) is 35.0 Å². The maximum Gasteiger partial charge on any atom is 0.341 e. The number of rotatable bonds is 18. The first-order chi connectivity index (χ1) is 25.1. The lowest BCUT2D eigenvalue weighted by atomic mass is 9.45. The number of carbonyl (C=O) groups excluding carboxylic acids is 1. The molecule has 11 heteroatoms. The Hall–Kier alpha value is -3.06. The fourth-order valence-corrected chi connectivity index (χ4v) is 9.48. The van der Waals surface area contributed by atoms with Gasteiger partial charge in [0, 0.05) is 43.2 Å². The van der Waals surface area contributed by atoms with E-state index in [4.69, 9.17) is 9.57 Å². The number of hydrogen-bond donors (Lipinski definition) is 4. The SMILES string of the molecule is CC(C)C[C@@H](CN(C)C)N(Cc1cccc(CN2O[C@@H](CO)[C@@H]([C@H](C)O)[C@H]2C(=O)N[C@H]2C[C@H]3C[C@H]([C@H]2C)C3(C)C)c1)Cc1ccccc1OCC(=O)O. The van der Waals surface area contributed by atoms with Crippen LogP contribution in [-0.2, 0) is 34.1 Å². The van der Waals surface area contributed by atoms with E-state index in [1.54, 1.807) is 12.0 Å². The summed E-state index contributed by atoms with van der Waals surface area (Å²) >= 11 is 0. The molecule has 9 atom stereocenters. The number of likely N-dealkylation sites (N-methyl/N-ethyl adjacent to an activating group) is 1. The Labute approximate surface area is 316 Å². The Kier molecular flexibility index (Phi) is 13.7. The standard InChI is InChI=1S/C42H64N4O7/c1-26(2)16-33(23-44(7)8)45(22-31-14-9-10-15-36(31)52-25-38(49)50)20-29-12-11-13-30(17-29)21-46-40(39(28(4)48)37(24-47)53-46)41(51)43-35-19-32-18-34(27(35)3)42(32,5)6/h9-15,17,26-28,32-35,37,39-40,47-48H,16,18-25H2,1-8H3,(H,43,51)(H,49,50)/t27-,28+,32-,33+,34-,35+,37+,39-,40+/m1/s1. The molecule has 53 heavy (non-hydrogen) atoms. The van der Waals surface area contributed by atoms with Crippen molar-refractivity contribution >= 4 is 11.9 Å². The molecule has 4 aliphatic rings. The number of aliphatic carboxylic acids is 1. The van der Waals surface area contributed by atoms with E-state index in [0.717, 1.165) is 36.1 Å². The zero-order chi connectivity index (χ0) is 38.6. The molecular formula is C42H64N4O7. The Bertz CT molecular complexity index is 1520. The number of carboxylic acid groups (broad SMARTS) is 1. The number of nitrogens with zero attached hydrogens (tertiary/aromatic N) is 3. The van der Waals surface area contributed by atoms with Crippen LogP contribution in [0.1, 0.15) is 77.5 Å². The van der Waals surface area contributed by atoms with E-state index in [9.17, 15) is 24.9 Å². The van der Waals surface area contributed by atoms with Gasteiger partial charge in [-0.2, -0.15) is 5.06 Å². The highest BCUT2D eigenvalue weighted by Crippen LogP contribution is 2.61. The second kappa shape index (κ2) is 17.6. The van der Waals surface area contributed by atoms with E-state index in [0.29, 0.717) is 54.5 Å². The molecule has 2 aromatic rings. The number of aliphatic hydroxyl groups is 2. The molecular weight excluding hydrogens is 672 g/mol. The molecule has 11 nitrogen and oxygen atoms in total. The Morgan fingerprint density at radius 1 is 1.06 bits per heavy atom.